The molecule has 0 heterocycles. The van der Waals surface area contributed by atoms with Gasteiger partial charge in [-0.2, -0.15) is 0 Å². The van der Waals surface area contributed by atoms with Crippen LogP contribution >= 0.6 is 0 Å². The van der Waals surface area contributed by atoms with Crippen molar-refractivity contribution in [2.24, 2.45) is 5.92 Å². The van der Waals surface area contributed by atoms with Gasteiger partial charge in [0.05, 0.1) is 12.6 Å². The molecule has 1 aromatic carbocycles. The van der Waals surface area contributed by atoms with Crippen molar-refractivity contribution in [1.82, 2.24) is 0 Å². The highest BCUT2D eigenvalue weighted by Crippen LogP contribution is 2.36. The second kappa shape index (κ2) is 6.62. The second-order valence-electron chi connectivity index (χ2n) is 6.70. The van der Waals surface area contributed by atoms with E-state index in [1.165, 1.54) is 29.7 Å². The van der Waals surface area contributed by atoms with Crippen LogP contribution in [0.1, 0.15) is 63.5 Å². The van der Waals surface area contributed by atoms with Crippen molar-refractivity contribution in [3.63, 3.8) is 0 Å². The van der Waals surface area contributed by atoms with Crippen LogP contribution in [0, 0.1) is 5.92 Å². The van der Waals surface area contributed by atoms with Gasteiger partial charge < -0.3 is 10.1 Å². The van der Waals surface area contributed by atoms with Gasteiger partial charge in [0.25, 0.3) is 0 Å². The van der Waals surface area contributed by atoms with E-state index in [-0.39, 0.29) is 0 Å². The zero-order chi connectivity index (χ0) is 14.7. The summed E-state index contributed by atoms with van der Waals surface area (Å²) in [6, 6.07) is 7.35. The maximum atomic E-state index is 5.38. The molecule has 1 aliphatic carbocycles. The van der Waals surface area contributed by atoms with Crippen LogP contribution < -0.4 is 5.32 Å². The van der Waals surface area contributed by atoms with E-state index in [4.69, 9.17) is 4.74 Å². The molecule has 1 unspecified atom stereocenters. The van der Waals surface area contributed by atoms with Crippen LogP contribution in [-0.4, -0.2) is 19.8 Å². The van der Waals surface area contributed by atoms with Crippen LogP contribution in [0.5, 0.6) is 0 Å². The first-order chi connectivity index (χ1) is 9.52. The quantitative estimate of drug-likeness (QED) is 0.774. The molecule has 0 bridgehead atoms. The van der Waals surface area contributed by atoms with Crippen LogP contribution in [0.2, 0.25) is 0 Å². The molecular weight excluding hydrogens is 246 g/mol. The summed E-state index contributed by atoms with van der Waals surface area (Å²) in [5.74, 6) is 1.91. The van der Waals surface area contributed by atoms with Crippen LogP contribution in [0.3, 0.4) is 0 Å². The number of nitrogens with one attached hydrogen (secondary N) is 1. The smallest absolute Gasteiger partial charge is 0.0666 e. The molecule has 1 saturated carbocycles. The topological polar surface area (TPSA) is 21.3 Å². The molecule has 20 heavy (non-hydrogen) atoms. The molecule has 1 atom stereocenters. The van der Waals surface area contributed by atoms with Crippen molar-refractivity contribution in [3.05, 3.63) is 29.3 Å². The number of hydrogen-bond donors (Lipinski definition) is 1. The van der Waals surface area contributed by atoms with Gasteiger partial charge in [0, 0.05) is 12.8 Å². The van der Waals surface area contributed by atoms with Gasteiger partial charge in [0.2, 0.25) is 0 Å². The Labute approximate surface area is 123 Å². The zero-order valence-corrected chi connectivity index (χ0v) is 13.6. The molecule has 2 rings (SSSR count). The van der Waals surface area contributed by atoms with Crippen molar-refractivity contribution in [3.8, 4) is 0 Å². The summed E-state index contributed by atoms with van der Waals surface area (Å²) in [6.07, 6.45) is 2.67. The van der Waals surface area contributed by atoms with Crippen molar-refractivity contribution in [1.29, 1.82) is 0 Å². The summed E-state index contributed by atoms with van der Waals surface area (Å²) in [6.45, 7) is 9.85. The van der Waals surface area contributed by atoms with Gasteiger partial charge in [0.1, 0.15) is 0 Å². The number of methoxy groups -OCH3 is 1. The fourth-order valence-electron chi connectivity index (χ4n) is 2.72. The van der Waals surface area contributed by atoms with Crippen molar-refractivity contribution in [2.75, 3.05) is 19.0 Å². The normalized spacial score (nSPS) is 16.8. The lowest BCUT2D eigenvalue weighted by Crippen LogP contribution is -2.27. The molecule has 0 saturated heterocycles. The van der Waals surface area contributed by atoms with Crippen molar-refractivity contribution >= 4 is 5.69 Å². The first-order valence-corrected chi connectivity index (χ1v) is 7.92. The van der Waals surface area contributed by atoms with Crippen LogP contribution in [-0.2, 0) is 4.74 Å². The third-order valence-corrected chi connectivity index (χ3v) is 4.24. The molecule has 0 aliphatic heterocycles. The van der Waals surface area contributed by atoms with Gasteiger partial charge in [-0.15, -0.1) is 0 Å². The Morgan fingerprint density at radius 3 is 2.35 bits per heavy atom. The molecule has 2 nitrogen and oxygen atoms in total. The van der Waals surface area contributed by atoms with Crippen molar-refractivity contribution < 1.29 is 4.74 Å². The van der Waals surface area contributed by atoms with E-state index in [0.717, 1.165) is 12.5 Å². The summed E-state index contributed by atoms with van der Waals surface area (Å²) in [7, 11) is 1.79. The van der Waals surface area contributed by atoms with Gasteiger partial charge in [-0.05, 0) is 47.8 Å². The number of benzene rings is 1. The molecule has 0 radical (unpaired) electrons. The van der Waals surface area contributed by atoms with Crippen molar-refractivity contribution in [2.45, 2.75) is 58.4 Å². The lowest BCUT2D eigenvalue weighted by molar-refractivity contribution is 0.179. The fourth-order valence-corrected chi connectivity index (χ4v) is 2.72. The van der Waals surface area contributed by atoms with E-state index >= 15 is 0 Å². The maximum Gasteiger partial charge on any atom is 0.0666 e. The molecule has 1 aromatic rings. The lowest BCUT2D eigenvalue weighted by atomic mass is 9.94. The van der Waals surface area contributed by atoms with Gasteiger partial charge in [-0.3, -0.25) is 0 Å². The third-order valence-electron chi connectivity index (χ3n) is 4.24. The average molecular weight is 275 g/mol. The monoisotopic (exact) mass is 275 g/mol. The number of ether oxygens (including phenoxy) is 1. The zero-order valence-electron chi connectivity index (χ0n) is 13.6. The number of hydrogen-bond acceptors (Lipinski definition) is 2. The minimum atomic E-state index is 0.461. The van der Waals surface area contributed by atoms with Gasteiger partial charge >= 0.3 is 0 Å². The molecular formula is C18H29NO. The average Bonchev–Trinajstić information content (AvgIpc) is 3.22. The highest BCUT2D eigenvalue weighted by Gasteiger charge is 2.31. The molecule has 0 aromatic heterocycles. The first-order valence-electron chi connectivity index (χ1n) is 7.92. The van der Waals surface area contributed by atoms with E-state index in [2.05, 4.69) is 51.2 Å². The Hall–Kier alpha value is -1.02. The van der Waals surface area contributed by atoms with E-state index in [9.17, 15) is 0 Å². The van der Waals surface area contributed by atoms with Crippen LogP contribution in [0.4, 0.5) is 5.69 Å². The van der Waals surface area contributed by atoms with Crippen LogP contribution in [0.15, 0.2) is 18.2 Å². The summed E-state index contributed by atoms with van der Waals surface area (Å²) in [5.41, 5.74) is 4.14. The van der Waals surface area contributed by atoms with Crippen LogP contribution in [0.25, 0.3) is 0 Å². The Balaban J connectivity index is 2.20. The largest absolute Gasteiger partial charge is 0.383 e. The van der Waals surface area contributed by atoms with Gasteiger partial charge in [-0.1, -0.05) is 39.8 Å². The van der Waals surface area contributed by atoms with E-state index in [0.29, 0.717) is 17.9 Å². The Morgan fingerprint density at radius 1 is 1.15 bits per heavy atom. The molecule has 0 spiro atoms. The SMILES string of the molecule is COCC(Nc1ccc(C(C)C)cc1C(C)C)C1CC1. The van der Waals surface area contributed by atoms with E-state index in [1.807, 2.05) is 0 Å². The molecule has 1 aliphatic rings. The third kappa shape index (κ3) is 3.76. The summed E-state index contributed by atoms with van der Waals surface area (Å²) in [5, 5.41) is 3.73. The van der Waals surface area contributed by atoms with E-state index in [1.54, 1.807) is 7.11 Å². The highest BCUT2D eigenvalue weighted by molar-refractivity contribution is 5.55. The summed E-state index contributed by atoms with van der Waals surface area (Å²) in [4.78, 5) is 0. The molecule has 0 amide bonds. The molecule has 1 N–H and O–H groups in total. The first kappa shape index (κ1) is 15.4. The molecule has 112 valence electrons. The second-order valence-corrected chi connectivity index (χ2v) is 6.70. The lowest BCUT2D eigenvalue weighted by Gasteiger charge is -2.23. The van der Waals surface area contributed by atoms with Gasteiger partial charge in [-0.25, -0.2) is 0 Å². The maximum absolute atomic E-state index is 5.38. The molecule has 2 heteroatoms. The predicted molar refractivity (Wildman–Crippen MR) is 86.6 cm³/mol. The fraction of sp³-hybridized carbons (Fsp3) is 0.667. The van der Waals surface area contributed by atoms with Gasteiger partial charge in [0.15, 0.2) is 0 Å². The Kier molecular flexibility index (Phi) is 5.09. The Bertz CT molecular complexity index is 435. The Morgan fingerprint density at radius 2 is 1.85 bits per heavy atom. The molecule has 1 fully saturated rings. The predicted octanol–water partition coefficient (Wildman–Crippen LogP) is 4.77. The van der Waals surface area contributed by atoms with E-state index < -0.39 is 0 Å². The highest BCUT2D eigenvalue weighted by atomic mass is 16.5. The standard InChI is InChI=1S/C18H29NO/c1-12(2)15-8-9-17(16(10-15)13(3)4)19-18(11-20-5)14-6-7-14/h8-10,12-14,18-19H,6-7,11H2,1-5H3. The number of anilines is 1. The summed E-state index contributed by atoms with van der Waals surface area (Å²) >= 11 is 0. The number of rotatable bonds is 7. The minimum Gasteiger partial charge on any atom is -0.383 e. The summed E-state index contributed by atoms with van der Waals surface area (Å²) < 4.78 is 5.38. The minimum absolute atomic E-state index is 0.461.